The first kappa shape index (κ1) is 23.2. The van der Waals surface area contributed by atoms with Gasteiger partial charge in [-0.25, -0.2) is 9.36 Å². The summed E-state index contributed by atoms with van der Waals surface area (Å²) in [7, 11) is -3.84. The summed E-state index contributed by atoms with van der Waals surface area (Å²) in [6.45, 7) is 9.11. The van der Waals surface area contributed by atoms with E-state index in [1.54, 1.807) is 34.6 Å². The van der Waals surface area contributed by atoms with Gasteiger partial charge in [0.1, 0.15) is 11.7 Å². The van der Waals surface area contributed by atoms with Crippen molar-refractivity contribution in [2.75, 3.05) is 13.2 Å². The number of phosphoric ester groups is 1. The molecule has 1 saturated heterocycles. The lowest BCUT2D eigenvalue weighted by Crippen LogP contribution is -2.49. The second-order valence-corrected chi connectivity index (χ2v) is 10.3. The van der Waals surface area contributed by atoms with E-state index in [0.29, 0.717) is 0 Å². The fraction of sp³-hybridized carbons (Fsp3) is 0.650. The van der Waals surface area contributed by atoms with Crippen LogP contribution in [0.15, 0.2) is 24.3 Å². The quantitative estimate of drug-likeness (QED) is 0.684. The third-order valence-corrected chi connectivity index (χ3v) is 5.82. The molecule has 0 aliphatic carbocycles. The monoisotopic (exact) mass is 443 g/mol. The molecule has 10 heteroatoms. The van der Waals surface area contributed by atoms with Crippen molar-refractivity contribution in [1.29, 1.82) is 0 Å². The average Bonchev–Trinajstić information content (AvgIpc) is 2.91. The van der Waals surface area contributed by atoms with Crippen molar-refractivity contribution in [3.8, 4) is 0 Å². The molecule has 2 atom stereocenters. The van der Waals surface area contributed by atoms with Gasteiger partial charge in [-0.1, -0.05) is 24.3 Å². The zero-order chi connectivity index (χ0) is 22.0. The largest absolute Gasteiger partial charge is 0.475 e. The third kappa shape index (κ3) is 6.51. The summed E-state index contributed by atoms with van der Waals surface area (Å²) >= 11 is 0. The van der Waals surface area contributed by atoms with Crippen molar-refractivity contribution in [2.24, 2.45) is 0 Å². The van der Waals surface area contributed by atoms with Crippen LogP contribution in [0.1, 0.15) is 45.7 Å². The zero-order valence-electron chi connectivity index (χ0n) is 18.0. The van der Waals surface area contributed by atoms with E-state index < -0.39 is 37.4 Å². The van der Waals surface area contributed by atoms with Gasteiger partial charge < -0.3 is 19.5 Å². The number of hydrogen-bond acceptors (Lipinski definition) is 8. The van der Waals surface area contributed by atoms with Gasteiger partial charge >= 0.3 is 13.9 Å². The number of hydrogen-bond donors (Lipinski definition) is 1. The second-order valence-electron chi connectivity index (χ2n) is 8.68. The van der Waals surface area contributed by atoms with E-state index in [-0.39, 0.29) is 26.4 Å². The molecular weight excluding hydrogens is 413 g/mol. The topological polar surface area (TPSA) is 102 Å². The van der Waals surface area contributed by atoms with Gasteiger partial charge in [0.2, 0.25) is 0 Å². The van der Waals surface area contributed by atoms with Crippen molar-refractivity contribution in [1.82, 2.24) is 5.32 Å². The highest BCUT2D eigenvalue weighted by molar-refractivity contribution is 7.48. The number of alkyl carbamates (subject to hydrolysis) is 1. The number of carbonyl (C=O) groups is 1. The minimum Gasteiger partial charge on any atom is -0.444 e. The molecule has 1 aromatic rings. The Morgan fingerprint density at radius 3 is 2.33 bits per heavy atom. The molecule has 0 aromatic heterocycles. The summed E-state index contributed by atoms with van der Waals surface area (Å²) < 4.78 is 46.2. The predicted molar refractivity (Wildman–Crippen MR) is 108 cm³/mol. The molecule has 30 heavy (non-hydrogen) atoms. The van der Waals surface area contributed by atoms with Crippen LogP contribution in [-0.2, 0) is 45.6 Å². The van der Waals surface area contributed by atoms with Crippen LogP contribution in [-0.4, -0.2) is 42.8 Å². The first-order chi connectivity index (χ1) is 13.9. The summed E-state index contributed by atoms with van der Waals surface area (Å²) in [4.78, 5) is 12.3. The molecule has 3 rings (SSSR count). The summed E-state index contributed by atoms with van der Waals surface area (Å²) in [6, 6.07) is 6.82. The first-order valence-electron chi connectivity index (χ1n) is 9.86. The minimum atomic E-state index is -3.84. The van der Waals surface area contributed by atoms with Gasteiger partial charge in [-0.2, -0.15) is 0 Å². The standard InChI is InChI=1S/C20H30NO8P/c1-19(2,3)29-18(22)21-16(17-13-24-20(4,5)28-17)12-27-30(23)25-10-14-8-6-7-9-15(14)11-26-30/h6-9,16-17H,10-13H2,1-5H3,(H,21,22). The summed E-state index contributed by atoms with van der Waals surface area (Å²) in [6.07, 6.45) is -1.17. The molecule has 2 aliphatic rings. The van der Waals surface area contributed by atoms with Gasteiger partial charge in [0.15, 0.2) is 5.79 Å². The van der Waals surface area contributed by atoms with E-state index in [1.165, 1.54) is 0 Å². The van der Waals surface area contributed by atoms with Gasteiger partial charge in [0.25, 0.3) is 0 Å². The Bertz CT molecular complexity index is 775. The Labute approximate surface area is 176 Å². The van der Waals surface area contributed by atoms with Gasteiger partial charge in [-0.3, -0.25) is 13.6 Å². The van der Waals surface area contributed by atoms with E-state index in [9.17, 15) is 9.36 Å². The molecule has 0 spiro atoms. The highest BCUT2D eigenvalue weighted by Crippen LogP contribution is 2.52. The van der Waals surface area contributed by atoms with Crippen LogP contribution in [0.5, 0.6) is 0 Å². The number of rotatable bonds is 5. The summed E-state index contributed by atoms with van der Waals surface area (Å²) in [5, 5.41) is 2.72. The van der Waals surface area contributed by atoms with Gasteiger partial charge in [0.05, 0.1) is 32.5 Å². The highest BCUT2D eigenvalue weighted by Gasteiger charge is 2.40. The van der Waals surface area contributed by atoms with E-state index in [1.807, 2.05) is 24.3 Å². The summed E-state index contributed by atoms with van der Waals surface area (Å²) in [5.41, 5.74) is 1.10. The molecule has 2 aliphatic heterocycles. The van der Waals surface area contributed by atoms with Crippen LogP contribution in [0.25, 0.3) is 0 Å². The van der Waals surface area contributed by atoms with Crippen molar-refractivity contribution in [3.05, 3.63) is 35.4 Å². The smallest absolute Gasteiger partial charge is 0.444 e. The van der Waals surface area contributed by atoms with Crippen molar-refractivity contribution in [3.63, 3.8) is 0 Å². The molecule has 1 aromatic carbocycles. The number of benzene rings is 1. The number of fused-ring (bicyclic) bond motifs is 1. The summed E-state index contributed by atoms with van der Waals surface area (Å²) in [5.74, 6) is -0.806. The second kappa shape index (κ2) is 8.94. The number of ether oxygens (including phenoxy) is 3. The number of carbonyl (C=O) groups excluding carboxylic acids is 1. The molecule has 1 fully saturated rings. The molecule has 9 nitrogen and oxygen atoms in total. The Kier molecular flexibility index (Phi) is 6.91. The molecule has 168 valence electrons. The Morgan fingerprint density at radius 2 is 1.83 bits per heavy atom. The fourth-order valence-electron chi connectivity index (χ4n) is 3.03. The molecular formula is C20H30NO8P. The lowest BCUT2D eigenvalue weighted by molar-refractivity contribution is -0.142. The van der Waals surface area contributed by atoms with Crippen molar-refractivity contribution < 1.29 is 37.1 Å². The van der Waals surface area contributed by atoms with E-state index in [0.717, 1.165) is 11.1 Å². The van der Waals surface area contributed by atoms with Gasteiger partial charge in [-0.15, -0.1) is 0 Å². The maximum atomic E-state index is 13.0. The lowest BCUT2D eigenvalue weighted by atomic mass is 10.1. The number of phosphoric acid groups is 1. The van der Waals surface area contributed by atoms with Crippen molar-refractivity contribution in [2.45, 2.75) is 71.4 Å². The minimum absolute atomic E-state index is 0.105. The van der Waals surface area contributed by atoms with E-state index >= 15 is 0 Å². The molecule has 2 heterocycles. The van der Waals surface area contributed by atoms with Crippen LogP contribution < -0.4 is 5.32 Å². The van der Waals surface area contributed by atoms with Crippen LogP contribution in [0, 0.1) is 0 Å². The highest BCUT2D eigenvalue weighted by atomic mass is 31.2. The lowest BCUT2D eigenvalue weighted by Gasteiger charge is -2.28. The van der Waals surface area contributed by atoms with Crippen LogP contribution in [0.3, 0.4) is 0 Å². The van der Waals surface area contributed by atoms with E-state index in [4.69, 9.17) is 27.8 Å². The van der Waals surface area contributed by atoms with Gasteiger partial charge in [0, 0.05) is 0 Å². The maximum absolute atomic E-state index is 13.0. The van der Waals surface area contributed by atoms with E-state index in [2.05, 4.69) is 5.32 Å². The molecule has 0 saturated carbocycles. The van der Waals surface area contributed by atoms with Crippen LogP contribution in [0.2, 0.25) is 0 Å². The van der Waals surface area contributed by atoms with Crippen molar-refractivity contribution >= 4 is 13.9 Å². The molecule has 1 N–H and O–H groups in total. The molecule has 0 radical (unpaired) electrons. The van der Waals surface area contributed by atoms with Crippen LogP contribution in [0.4, 0.5) is 4.79 Å². The fourth-order valence-corrected chi connectivity index (χ4v) is 4.20. The van der Waals surface area contributed by atoms with Crippen LogP contribution >= 0.6 is 7.82 Å². The number of amides is 1. The molecule has 0 bridgehead atoms. The number of nitrogens with one attached hydrogen (secondary N) is 1. The predicted octanol–water partition coefficient (Wildman–Crippen LogP) is 3.90. The Morgan fingerprint density at radius 1 is 1.23 bits per heavy atom. The Balaban J connectivity index is 1.65. The molecule has 2 unspecified atom stereocenters. The SMILES string of the molecule is CC(C)(C)OC(=O)NC(COP1(=O)OCc2ccccc2CO1)C1COC(C)(C)O1. The van der Waals surface area contributed by atoms with Gasteiger partial charge in [-0.05, 0) is 45.7 Å². The average molecular weight is 443 g/mol. The Hall–Kier alpha value is -1.48. The zero-order valence-corrected chi connectivity index (χ0v) is 18.9. The first-order valence-corrected chi connectivity index (χ1v) is 11.3. The normalized spacial score (nSPS) is 23.8. The third-order valence-electron chi connectivity index (χ3n) is 4.47. The molecule has 1 amide bonds. The maximum Gasteiger partial charge on any atom is 0.475 e.